The zero-order chi connectivity index (χ0) is 16.4. The molecule has 0 unspecified atom stereocenters. The molecule has 1 heterocycles. The van der Waals surface area contributed by atoms with E-state index in [2.05, 4.69) is 9.97 Å². The first-order valence-corrected chi connectivity index (χ1v) is 6.96. The average molecular weight is 312 g/mol. The third-order valence-electron chi connectivity index (χ3n) is 3.56. The predicted octanol–water partition coefficient (Wildman–Crippen LogP) is 3.03. The summed E-state index contributed by atoms with van der Waals surface area (Å²) in [5.41, 5.74) is 2.86. The van der Waals surface area contributed by atoms with E-state index in [-0.39, 0.29) is 5.97 Å². The van der Waals surface area contributed by atoms with E-state index < -0.39 is 0 Å². The number of ether oxygens (including phenoxy) is 3. The Morgan fingerprint density at radius 2 is 1.78 bits per heavy atom. The Bertz CT molecular complexity index is 870. The van der Waals surface area contributed by atoms with Crippen LogP contribution in [-0.2, 0) is 4.74 Å². The second kappa shape index (κ2) is 6.00. The van der Waals surface area contributed by atoms with Crippen LogP contribution in [0.1, 0.15) is 10.4 Å². The summed E-state index contributed by atoms with van der Waals surface area (Å²) in [6.45, 7) is 0. The van der Waals surface area contributed by atoms with Crippen LogP contribution < -0.4 is 9.47 Å². The van der Waals surface area contributed by atoms with Crippen LogP contribution in [0, 0.1) is 0 Å². The summed E-state index contributed by atoms with van der Waals surface area (Å²) in [5, 5.41) is 0. The van der Waals surface area contributed by atoms with E-state index in [4.69, 9.17) is 14.2 Å². The van der Waals surface area contributed by atoms with Gasteiger partial charge in [-0.2, -0.15) is 0 Å². The van der Waals surface area contributed by atoms with Crippen LogP contribution in [0.3, 0.4) is 0 Å². The van der Waals surface area contributed by atoms with E-state index in [0.29, 0.717) is 22.9 Å². The molecule has 3 aromatic rings. The molecule has 0 amide bonds. The lowest BCUT2D eigenvalue weighted by Crippen LogP contribution is -2.00. The summed E-state index contributed by atoms with van der Waals surface area (Å²) in [7, 11) is 4.53. The number of rotatable bonds is 4. The average Bonchev–Trinajstić information content (AvgIpc) is 3.03. The van der Waals surface area contributed by atoms with Crippen LogP contribution in [-0.4, -0.2) is 37.3 Å². The molecule has 0 saturated heterocycles. The number of methoxy groups -OCH3 is 3. The fraction of sp³-hybridized carbons (Fsp3) is 0.176. The molecule has 6 nitrogen and oxygen atoms in total. The van der Waals surface area contributed by atoms with Crippen molar-refractivity contribution in [2.75, 3.05) is 21.3 Å². The Labute approximate surface area is 133 Å². The van der Waals surface area contributed by atoms with Crippen LogP contribution in [0.4, 0.5) is 0 Å². The quantitative estimate of drug-likeness (QED) is 0.750. The molecule has 2 aromatic carbocycles. The first kappa shape index (κ1) is 14.9. The molecular formula is C17H16N2O4. The number of imidazole rings is 1. The molecule has 0 aliphatic carbocycles. The fourth-order valence-electron chi connectivity index (χ4n) is 2.37. The zero-order valence-corrected chi connectivity index (χ0v) is 13.0. The Morgan fingerprint density at radius 1 is 1.00 bits per heavy atom. The topological polar surface area (TPSA) is 73.4 Å². The van der Waals surface area contributed by atoms with Crippen LogP contribution in [0.2, 0.25) is 0 Å². The van der Waals surface area contributed by atoms with Gasteiger partial charge < -0.3 is 19.2 Å². The summed E-state index contributed by atoms with van der Waals surface area (Å²) in [5.74, 6) is 1.58. The number of nitrogens with zero attached hydrogens (tertiary/aromatic N) is 1. The van der Waals surface area contributed by atoms with Gasteiger partial charge in [0.1, 0.15) is 5.82 Å². The van der Waals surface area contributed by atoms with Crippen molar-refractivity contribution >= 4 is 17.0 Å². The largest absolute Gasteiger partial charge is 0.493 e. The molecule has 0 fully saturated rings. The summed E-state index contributed by atoms with van der Waals surface area (Å²) >= 11 is 0. The molecular weight excluding hydrogens is 296 g/mol. The lowest BCUT2D eigenvalue weighted by atomic mass is 10.2. The predicted molar refractivity (Wildman–Crippen MR) is 86.0 cm³/mol. The Kier molecular flexibility index (Phi) is 3.89. The maximum Gasteiger partial charge on any atom is 0.337 e. The van der Waals surface area contributed by atoms with Crippen molar-refractivity contribution in [3.63, 3.8) is 0 Å². The second-order valence-electron chi connectivity index (χ2n) is 4.88. The van der Waals surface area contributed by atoms with E-state index >= 15 is 0 Å². The van der Waals surface area contributed by atoms with E-state index in [1.807, 2.05) is 18.2 Å². The van der Waals surface area contributed by atoms with Crippen molar-refractivity contribution < 1.29 is 19.0 Å². The number of carbonyl (C=O) groups excluding carboxylic acids is 1. The number of aromatic nitrogens is 2. The number of aromatic amines is 1. The number of fused-ring (bicyclic) bond motifs is 1. The molecule has 1 N–H and O–H groups in total. The lowest BCUT2D eigenvalue weighted by molar-refractivity contribution is 0.0601. The summed E-state index contributed by atoms with van der Waals surface area (Å²) in [6, 6.07) is 10.7. The number of nitrogens with one attached hydrogen (secondary N) is 1. The smallest absolute Gasteiger partial charge is 0.337 e. The molecule has 1 aromatic heterocycles. The lowest BCUT2D eigenvalue weighted by Gasteiger charge is -2.08. The molecule has 3 rings (SSSR count). The third-order valence-corrected chi connectivity index (χ3v) is 3.56. The minimum absolute atomic E-state index is 0.380. The number of esters is 1. The van der Waals surface area contributed by atoms with Gasteiger partial charge in [0.25, 0.3) is 0 Å². The van der Waals surface area contributed by atoms with Crippen LogP contribution in [0.15, 0.2) is 36.4 Å². The van der Waals surface area contributed by atoms with Crippen molar-refractivity contribution in [2.24, 2.45) is 0 Å². The second-order valence-corrected chi connectivity index (χ2v) is 4.88. The van der Waals surface area contributed by atoms with Gasteiger partial charge in [-0.3, -0.25) is 0 Å². The van der Waals surface area contributed by atoms with Gasteiger partial charge in [-0.1, -0.05) is 0 Å². The minimum Gasteiger partial charge on any atom is -0.493 e. The number of H-pyrrole nitrogens is 1. The van der Waals surface area contributed by atoms with Gasteiger partial charge in [0.05, 0.1) is 37.9 Å². The van der Waals surface area contributed by atoms with Crippen molar-refractivity contribution in [3.8, 4) is 22.9 Å². The van der Waals surface area contributed by atoms with Crippen molar-refractivity contribution in [3.05, 3.63) is 42.0 Å². The first-order valence-electron chi connectivity index (χ1n) is 6.96. The van der Waals surface area contributed by atoms with Gasteiger partial charge in [0.15, 0.2) is 11.5 Å². The molecule has 0 aliphatic rings. The molecule has 0 aliphatic heterocycles. The highest BCUT2D eigenvalue weighted by Crippen LogP contribution is 2.32. The van der Waals surface area contributed by atoms with Gasteiger partial charge >= 0.3 is 5.97 Å². The van der Waals surface area contributed by atoms with Crippen molar-refractivity contribution in [1.29, 1.82) is 0 Å². The van der Waals surface area contributed by atoms with Gasteiger partial charge in [-0.15, -0.1) is 0 Å². The van der Waals surface area contributed by atoms with Crippen molar-refractivity contribution in [2.45, 2.75) is 0 Å². The third kappa shape index (κ3) is 2.70. The van der Waals surface area contributed by atoms with Crippen LogP contribution in [0.5, 0.6) is 11.5 Å². The maximum absolute atomic E-state index is 11.6. The highest BCUT2D eigenvalue weighted by atomic mass is 16.5. The van der Waals surface area contributed by atoms with E-state index in [1.165, 1.54) is 7.11 Å². The zero-order valence-electron chi connectivity index (χ0n) is 13.0. The summed E-state index contributed by atoms with van der Waals surface area (Å²) in [4.78, 5) is 19.3. The van der Waals surface area contributed by atoms with E-state index in [9.17, 15) is 4.79 Å². The van der Waals surface area contributed by atoms with Crippen LogP contribution >= 0.6 is 0 Å². The molecule has 6 heteroatoms. The molecule has 0 saturated carbocycles. The molecule has 0 bridgehead atoms. The number of benzene rings is 2. The van der Waals surface area contributed by atoms with E-state index in [1.54, 1.807) is 32.4 Å². The highest BCUT2D eigenvalue weighted by molar-refractivity contribution is 5.94. The molecule has 0 spiro atoms. The Morgan fingerprint density at radius 3 is 2.48 bits per heavy atom. The summed E-state index contributed by atoms with van der Waals surface area (Å²) < 4.78 is 15.3. The highest BCUT2D eigenvalue weighted by Gasteiger charge is 2.12. The van der Waals surface area contributed by atoms with Gasteiger partial charge in [0, 0.05) is 5.56 Å². The minimum atomic E-state index is -0.380. The van der Waals surface area contributed by atoms with Gasteiger partial charge in [-0.05, 0) is 36.4 Å². The standard InChI is InChI=1S/C17H16N2O4/c1-21-14-7-5-10(9-15(14)22-2)16-18-12-6-4-11(17(20)23-3)8-13(12)19-16/h4-9H,1-3H3,(H,18,19). The maximum atomic E-state index is 11.6. The first-order chi connectivity index (χ1) is 11.2. The van der Waals surface area contributed by atoms with Gasteiger partial charge in [0.2, 0.25) is 0 Å². The number of carbonyl (C=O) groups is 1. The SMILES string of the molecule is COC(=O)c1ccc2nc(-c3ccc(OC)c(OC)c3)[nH]c2c1. The normalized spacial score (nSPS) is 10.6. The van der Waals surface area contributed by atoms with E-state index in [0.717, 1.165) is 16.6 Å². The van der Waals surface area contributed by atoms with Crippen molar-refractivity contribution in [1.82, 2.24) is 9.97 Å². The Hall–Kier alpha value is -3.02. The molecule has 23 heavy (non-hydrogen) atoms. The van der Waals surface area contributed by atoms with Gasteiger partial charge in [-0.25, -0.2) is 9.78 Å². The Balaban J connectivity index is 2.05. The number of hydrogen-bond donors (Lipinski definition) is 1. The molecule has 0 atom stereocenters. The summed E-state index contributed by atoms with van der Waals surface area (Å²) in [6.07, 6.45) is 0. The monoisotopic (exact) mass is 312 g/mol. The molecule has 118 valence electrons. The fourth-order valence-corrected chi connectivity index (χ4v) is 2.37. The molecule has 0 radical (unpaired) electrons. The van der Waals surface area contributed by atoms with Crippen LogP contribution in [0.25, 0.3) is 22.4 Å². The number of hydrogen-bond acceptors (Lipinski definition) is 5.